The van der Waals surface area contributed by atoms with Crippen LogP contribution in [0.4, 0.5) is 5.69 Å². The number of nitrogens with one attached hydrogen (secondary N) is 1. The van der Waals surface area contributed by atoms with Gasteiger partial charge in [0.25, 0.3) is 0 Å². The number of carbonyl (C=O) groups excluding carboxylic acids is 1. The molecule has 1 amide bonds. The lowest BCUT2D eigenvalue weighted by atomic mass is 10.1. The maximum absolute atomic E-state index is 12.2. The molecule has 116 valence electrons. The zero-order valence-electron chi connectivity index (χ0n) is 13.2. The Balaban J connectivity index is 2.04. The fourth-order valence-corrected chi connectivity index (χ4v) is 2.20. The molecule has 0 atom stereocenters. The summed E-state index contributed by atoms with van der Waals surface area (Å²) in [4.78, 5) is 12.2. The smallest absolute Gasteiger partial charge is 0.228 e. The van der Waals surface area contributed by atoms with Crippen molar-refractivity contribution in [3.63, 3.8) is 0 Å². The fraction of sp³-hybridized carbons (Fsp3) is 0.278. The van der Waals surface area contributed by atoms with Crippen LogP contribution in [-0.4, -0.2) is 20.1 Å². The van der Waals surface area contributed by atoms with Crippen molar-refractivity contribution in [2.24, 2.45) is 0 Å². The van der Waals surface area contributed by atoms with Crippen LogP contribution in [0.25, 0.3) is 0 Å². The number of rotatable bonds is 6. The molecule has 0 aliphatic carbocycles. The maximum Gasteiger partial charge on any atom is 0.228 e. The normalized spacial score (nSPS) is 10.1. The summed E-state index contributed by atoms with van der Waals surface area (Å²) >= 11 is 0. The molecule has 4 nitrogen and oxygen atoms in total. The molecular formula is C18H21NO3. The Morgan fingerprint density at radius 1 is 1.05 bits per heavy atom. The summed E-state index contributed by atoms with van der Waals surface area (Å²) in [5, 5.41) is 2.90. The number of amides is 1. The highest BCUT2D eigenvalue weighted by molar-refractivity contribution is 5.92. The Morgan fingerprint density at radius 2 is 1.77 bits per heavy atom. The highest BCUT2D eigenvalue weighted by atomic mass is 16.5. The SMILES string of the molecule is CCc1ccc(NC(=O)Cc2ccc(OC)cc2OC)cc1. The minimum absolute atomic E-state index is 0.0762. The number of anilines is 1. The first-order chi connectivity index (χ1) is 10.7. The number of hydrogen-bond acceptors (Lipinski definition) is 3. The van der Waals surface area contributed by atoms with Crippen LogP contribution < -0.4 is 14.8 Å². The van der Waals surface area contributed by atoms with Crippen molar-refractivity contribution < 1.29 is 14.3 Å². The van der Waals surface area contributed by atoms with Gasteiger partial charge in [-0.1, -0.05) is 25.1 Å². The molecule has 22 heavy (non-hydrogen) atoms. The van der Waals surface area contributed by atoms with Crippen LogP contribution in [0.5, 0.6) is 11.5 Å². The summed E-state index contributed by atoms with van der Waals surface area (Å²) < 4.78 is 10.5. The van der Waals surface area contributed by atoms with Crippen LogP contribution in [0, 0.1) is 0 Å². The van der Waals surface area contributed by atoms with E-state index in [9.17, 15) is 4.79 Å². The van der Waals surface area contributed by atoms with Crippen LogP contribution in [0.1, 0.15) is 18.1 Å². The highest BCUT2D eigenvalue weighted by Crippen LogP contribution is 2.25. The molecular weight excluding hydrogens is 278 g/mol. The summed E-state index contributed by atoms with van der Waals surface area (Å²) in [6, 6.07) is 13.3. The average Bonchev–Trinajstić information content (AvgIpc) is 2.55. The van der Waals surface area contributed by atoms with Crippen molar-refractivity contribution in [3.8, 4) is 11.5 Å². The molecule has 1 N–H and O–H groups in total. The van der Waals surface area contributed by atoms with Crippen LogP contribution in [0.2, 0.25) is 0 Å². The molecule has 0 aliphatic heterocycles. The van der Waals surface area contributed by atoms with E-state index in [2.05, 4.69) is 12.2 Å². The molecule has 0 saturated carbocycles. The van der Waals surface area contributed by atoms with Gasteiger partial charge < -0.3 is 14.8 Å². The topological polar surface area (TPSA) is 47.6 Å². The zero-order chi connectivity index (χ0) is 15.9. The van der Waals surface area contributed by atoms with Gasteiger partial charge in [0.2, 0.25) is 5.91 Å². The number of hydrogen-bond donors (Lipinski definition) is 1. The van der Waals surface area contributed by atoms with Gasteiger partial charge in [-0.3, -0.25) is 4.79 Å². The van der Waals surface area contributed by atoms with E-state index in [0.717, 1.165) is 17.7 Å². The first-order valence-corrected chi connectivity index (χ1v) is 7.26. The van der Waals surface area contributed by atoms with E-state index in [1.165, 1.54) is 5.56 Å². The Kier molecular flexibility index (Phi) is 5.42. The molecule has 0 aliphatic rings. The lowest BCUT2D eigenvalue weighted by Crippen LogP contribution is -2.15. The summed E-state index contributed by atoms with van der Waals surface area (Å²) in [6.45, 7) is 2.10. The van der Waals surface area contributed by atoms with Crippen LogP contribution in [0.3, 0.4) is 0 Å². The molecule has 2 rings (SSSR count). The molecule has 0 saturated heterocycles. The lowest BCUT2D eigenvalue weighted by Gasteiger charge is -2.11. The van der Waals surface area contributed by atoms with Gasteiger partial charge in [0.05, 0.1) is 20.6 Å². The molecule has 2 aromatic carbocycles. The lowest BCUT2D eigenvalue weighted by molar-refractivity contribution is -0.115. The van der Waals surface area contributed by atoms with Crippen molar-refractivity contribution in [3.05, 3.63) is 53.6 Å². The van der Waals surface area contributed by atoms with Gasteiger partial charge in [0.1, 0.15) is 11.5 Å². The second-order valence-corrected chi connectivity index (χ2v) is 4.95. The van der Waals surface area contributed by atoms with Gasteiger partial charge in [0.15, 0.2) is 0 Å². The van der Waals surface area contributed by atoms with E-state index in [1.807, 2.05) is 36.4 Å². The zero-order valence-corrected chi connectivity index (χ0v) is 13.2. The van der Waals surface area contributed by atoms with Gasteiger partial charge >= 0.3 is 0 Å². The summed E-state index contributed by atoms with van der Waals surface area (Å²) in [5.74, 6) is 1.28. The predicted octanol–water partition coefficient (Wildman–Crippen LogP) is 3.45. The minimum atomic E-state index is -0.0762. The molecule has 2 aromatic rings. The number of methoxy groups -OCH3 is 2. The molecule has 0 fully saturated rings. The second-order valence-electron chi connectivity index (χ2n) is 4.95. The van der Waals surface area contributed by atoms with E-state index in [-0.39, 0.29) is 12.3 Å². The first-order valence-electron chi connectivity index (χ1n) is 7.26. The monoisotopic (exact) mass is 299 g/mol. The van der Waals surface area contributed by atoms with E-state index in [4.69, 9.17) is 9.47 Å². The molecule has 0 spiro atoms. The number of benzene rings is 2. The standard InChI is InChI=1S/C18H21NO3/c1-4-13-5-8-15(9-6-13)19-18(20)11-14-7-10-16(21-2)12-17(14)22-3/h5-10,12H,4,11H2,1-3H3,(H,19,20). The van der Waals surface area contributed by atoms with Crippen molar-refractivity contribution in [2.75, 3.05) is 19.5 Å². The van der Waals surface area contributed by atoms with Gasteiger partial charge in [-0.25, -0.2) is 0 Å². The van der Waals surface area contributed by atoms with Crippen molar-refractivity contribution in [1.29, 1.82) is 0 Å². The second kappa shape index (κ2) is 7.50. The number of carbonyl (C=O) groups is 1. The largest absolute Gasteiger partial charge is 0.497 e. The van der Waals surface area contributed by atoms with Crippen molar-refractivity contribution in [1.82, 2.24) is 0 Å². The Bertz CT molecular complexity index is 635. The molecule has 0 bridgehead atoms. The Hall–Kier alpha value is -2.49. The van der Waals surface area contributed by atoms with Gasteiger partial charge in [-0.15, -0.1) is 0 Å². The predicted molar refractivity (Wildman–Crippen MR) is 87.7 cm³/mol. The third-order valence-corrected chi connectivity index (χ3v) is 3.49. The third-order valence-electron chi connectivity index (χ3n) is 3.49. The molecule has 4 heteroatoms. The summed E-state index contributed by atoms with van der Waals surface area (Å²) in [6.07, 6.45) is 1.24. The van der Waals surface area contributed by atoms with E-state index in [1.54, 1.807) is 20.3 Å². The van der Waals surface area contributed by atoms with Crippen molar-refractivity contribution in [2.45, 2.75) is 19.8 Å². The third kappa shape index (κ3) is 4.01. The van der Waals surface area contributed by atoms with Gasteiger partial charge in [0, 0.05) is 17.3 Å². The maximum atomic E-state index is 12.2. The molecule has 0 heterocycles. The van der Waals surface area contributed by atoms with Crippen LogP contribution in [0.15, 0.2) is 42.5 Å². The average molecular weight is 299 g/mol. The van der Waals surface area contributed by atoms with Gasteiger partial charge in [-0.05, 0) is 30.2 Å². The Labute approximate surface area is 131 Å². The summed E-state index contributed by atoms with van der Waals surface area (Å²) in [5.41, 5.74) is 2.87. The van der Waals surface area contributed by atoms with Gasteiger partial charge in [-0.2, -0.15) is 0 Å². The number of aryl methyl sites for hydroxylation is 1. The first kappa shape index (κ1) is 15.9. The Morgan fingerprint density at radius 3 is 2.36 bits per heavy atom. The minimum Gasteiger partial charge on any atom is -0.497 e. The molecule has 0 aromatic heterocycles. The van der Waals surface area contributed by atoms with E-state index >= 15 is 0 Å². The van der Waals surface area contributed by atoms with E-state index in [0.29, 0.717) is 11.5 Å². The fourth-order valence-electron chi connectivity index (χ4n) is 2.20. The van der Waals surface area contributed by atoms with Crippen LogP contribution in [-0.2, 0) is 17.6 Å². The van der Waals surface area contributed by atoms with E-state index < -0.39 is 0 Å². The van der Waals surface area contributed by atoms with Crippen molar-refractivity contribution >= 4 is 11.6 Å². The molecule has 0 radical (unpaired) electrons. The molecule has 0 unspecified atom stereocenters. The number of ether oxygens (including phenoxy) is 2. The summed E-state index contributed by atoms with van der Waals surface area (Å²) in [7, 11) is 3.18. The highest BCUT2D eigenvalue weighted by Gasteiger charge is 2.10. The quantitative estimate of drug-likeness (QED) is 0.888. The van der Waals surface area contributed by atoms with Crippen LogP contribution >= 0.6 is 0 Å².